The smallest absolute Gasteiger partial charge is 0.408 e. The fraction of sp³-hybridized carbons (Fsp3) is 0.500. The van der Waals surface area contributed by atoms with Gasteiger partial charge in [-0.05, 0) is 44.4 Å². The largest absolute Gasteiger partial charge is 0.417 e. The Morgan fingerprint density at radius 2 is 2.35 bits per heavy atom. The van der Waals surface area contributed by atoms with Gasteiger partial charge in [-0.15, -0.1) is 0 Å². The molecule has 2 aromatic rings. The monoisotopic (exact) mass is 320 g/mol. The number of aromatic amines is 1. The van der Waals surface area contributed by atoms with Gasteiger partial charge in [0, 0.05) is 12.3 Å². The lowest BCUT2D eigenvalue weighted by Gasteiger charge is -2.23. The van der Waals surface area contributed by atoms with Gasteiger partial charge in [0.2, 0.25) is 0 Å². The molecule has 1 aromatic heterocycles. The highest BCUT2D eigenvalue weighted by molar-refractivity contribution is 5.95. The minimum absolute atomic E-state index is 0.0753. The molecule has 3 rings (SSSR count). The summed E-state index contributed by atoms with van der Waals surface area (Å²) in [5.41, 5.74) is 1.56. The number of fused-ring (bicyclic) bond motifs is 1. The highest BCUT2D eigenvalue weighted by Gasteiger charge is 2.19. The van der Waals surface area contributed by atoms with Crippen LogP contribution in [0.25, 0.3) is 11.1 Å². The van der Waals surface area contributed by atoms with Crippen molar-refractivity contribution < 1.29 is 18.7 Å². The zero-order valence-electron chi connectivity index (χ0n) is 13.0. The molecule has 2 heterocycles. The van der Waals surface area contributed by atoms with Crippen molar-refractivity contribution in [2.24, 2.45) is 0 Å². The molecule has 0 unspecified atom stereocenters. The molecule has 7 heteroatoms. The van der Waals surface area contributed by atoms with Crippen molar-refractivity contribution in [1.29, 1.82) is 0 Å². The van der Waals surface area contributed by atoms with Crippen molar-refractivity contribution in [3.63, 3.8) is 0 Å². The fourth-order valence-corrected chi connectivity index (χ4v) is 2.54. The summed E-state index contributed by atoms with van der Waals surface area (Å²) < 4.78 is 16.1. The predicted molar refractivity (Wildman–Crippen MR) is 84.5 cm³/mol. The SMILES string of the molecule is C[C@@H](OC[C@H]1CCCCO1)C(=O)Nc1ccc2oc(=O)[nH]c2c1. The van der Waals surface area contributed by atoms with Gasteiger partial charge in [0.25, 0.3) is 5.91 Å². The fourth-order valence-electron chi connectivity index (χ4n) is 2.54. The maximum absolute atomic E-state index is 12.2. The highest BCUT2D eigenvalue weighted by atomic mass is 16.5. The van der Waals surface area contributed by atoms with Crippen LogP contribution in [0.2, 0.25) is 0 Å². The Morgan fingerprint density at radius 1 is 1.48 bits per heavy atom. The summed E-state index contributed by atoms with van der Waals surface area (Å²) in [4.78, 5) is 25.8. The molecule has 7 nitrogen and oxygen atoms in total. The Kier molecular flexibility index (Phi) is 4.78. The lowest BCUT2D eigenvalue weighted by molar-refractivity contribution is -0.130. The second-order valence-corrected chi connectivity index (χ2v) is 5.68. The van der Waals surface area contributed by atoms with Gasteiger partial charge in [-0.2, -0.15) is 0 Å². The highest BCUT2D eigenvalue weighted by Crippen LogP contribution is 2.17. The van der Waals surface area contributed by atoms with Gasteiger partial charge in [-0.1, -0.05) is 0 Å². The van der Waals surface area contributed by atoms with E-state index in [1.165, 1.54) is 0 Å². The Bertz CT molecular complexity index is 729. The number of anilines is 1. The van der Waals surface area contributed by atoms with Gasteiger partial charge in [0.15, 0.2) is 5.58 Å². The second-order valence-electron chi connectivity index (χ2n) is 5.68. The van der Waals surface area contributed by atoms with Crippen LogP contribution in [0.1, 0.15) is 26.2 Å². The summed E-state index contributed by atoms with van der Waals surface area (Å²) in [6, 6.07) is 4.95. The molecule has 1 aromatic carbocycles. The number of ether oxygens (including phenoxy) is 2. The first-order chi connectivity index (χ1) is 11.1. The van der Waals surface area contributed by atoms with Crippen LogP contribution in [-0.2, 0) is 14.3 Å². The van der Waals surface area contributed by atoms with Gasteiger partial charge >= 0.3 is 5.76 Å². The Labute approximate surface area is 133 Å². The molecule has 1 saturated heterocycles. The molecular weight excluding hydrogens is 300 g/mol. The zero-order valence-corrected chi connectivity index (χ0v) is 13.0. The van der Waals surface area contributed by atoms with E-state index in [9.17, 15) is 9.59 Å². The van der Waals surface area contributed by atoms with E-state index >= 15 is 0 Å². The molecule has 2 N–H and O–H groups in total. The van der Waals surface area contributed by atoms with E-state index in [0.717, 1.165) is 25.9 Å². The van der Waals surface area contributed by atoms with Crippen LogP contribution < -0.4 is 11.1 Å². The first-order valence-electron chi connectivity index (χ1n) is 7.79. The van der Waals surface area contributed by atoms with E-state index in [4.69, 9.17) is 13.9 Å². The van der Waals surface area contributed by atoms with E-state index in [0.29, 0.717) is 23.4 Å². The molecule has 23 heavy (non-hydrogen) atoms. The second kappa shape index (κ2) is 6.97. The molecular formula is C16H20N2O5. The number of carbonyl (C=O) groups excluding carboxylic acids is 1. The van der Waals surface area contributed by atoms with Crippen molar-refractivity contribution in [3.05, 3.63) is 28.7 Å². The third-order valence-electron chi connectivity index (χ3n) is 3.86. The molecule has 1 aliphatic rings. The molecule has 1 fully saturated rings. The van der Waals surface area contributed by atoms with Gasteiger partial charge in [0.1, 0.15) is 6.10 Å². The van der Waals surface area contributed by atoms with Gasteiger partial charge in [0.05, 0.1) is 18.2 Å². The average Bonchev–Trinajstić information content (AvgIpc) is 2.92. The maximum atomic E-state index is 12.2. The Morgan fingerprint density at radius 3 is 3.13 bits per heavy atom. The molecule has 2 atom stereocenters. The quantitative estimate of drug-likeness (QED) is 0.879. The molecule has 1 amide bonds. The number of amides is 1. The first-order valence-corrected chi connectivity index (χ1v) is 7.79. The minimum Gasteiger partial charge on any atom is -0.408 e. The van der Waals surface area contributed by atoms with Crippen molar-refractivity contribution in [2.45, 2.75) is 38.4 Å². The van der Waals surface area contributed by atoms with Crippen LogP contribution in [0.4, 0.5) is 5.69 Å². The Hall–Kier alpha value is -2.12. The van der Waals surface area contributed by atoms with E-state index in [1.54, 1.807) is 25.1 Å². The zero-order chi connectivity index (χ0) is 16.2. The van der Waals surface area contributed by atoms with Crippen LogP contribution >= 0.6 is 0 Å². The Balaban J connectivity index is 1.54. The number of H-pyrrole nitrogens is 1. The van der Waals surface area contributed by atoms with E-state index in [-0.39, 0.29) is 12.0 Å². The van der Waals surface area contributed by atoms with Crippen LogP contribution in [0.5, 0.6) is 0 Å². The van der Waals surface area contributed by atoms with Crippen molar-refractivity contribution in [1.82, 2.24) is 4.98 Å². The third-order valence-corrected chi connectivity index (χ3v) is 3.86. The average molecular weight is 320 g/mol. The minimum atomic E-state index is -0.584. The van der Waals surface area contributed by atoms with Gasteiger partial charge in [-0.3, -0.25) is 9.78 Å². The summed E-state index contributed by atoms with van der Waals surface area (Å²) in [7, 11) is 0. The lowest BCUT2D eigenvalue weighted by Crippen LogP contribution is -2.32. The van der Waals surface area contributed by atoms with Gasteiger partial charge in [-0.25, -0.2) is 4.79 Å². The molecule has 0 radical (unpaired) electrons. The molecule has 1 aliphatic heterocycles. The molecule has 0 bridgehead atoms. The molecule has 0 spiro atoms. The van der Waals surface area contributed by atoms with Crippen molar-refractivity contribution in [2.75, 3.05) is 18.5 Å². The topological polar surface area (TPSA) is 93.6 Å². The van der Waals surface area contributed by atoms with Crippen molar-refractivity contribution >= 4 is 22.7 Å². The summed E-state index contributed by atoms with van der Waals surface area (Å²) in [6.07, 6.45) is 2.69. The van der Waals surface area contributed by atoms with E-state index in [2.05, 4.69) is 10.3 Å². The number of benzene rings is 1. The molecule has 0 aliphatic carbocycles. The van der Waals surface area contributed by atoms with Crippen LogP contribution in [0.3, 0.4) is 0 Å². The normalized spacial score (nSPS) is 19.6. The summed E-state index contributed by atoms with van der Waals surface area (Å²) in [5.74, 6) is -0.765. The number of hydrogen-bond donors (Lipinski definition) is 2. The predicted octanol–water partition coefficient (Wildman–Crippen LogP) is 2.03. The summed E-state index contributed by atoms with van der Waals surface area (Å²) in [5, 5.41) is 2.76. The molecule has 0 saturated carbocycles. The van der Waals surface area contributed by atoms with Crippen molar-refractivity contribution in [3.8, 4) is 0 Å². The summed E-state index contributed by atoms with van der Waals surface area (Å²) >= 11 is 0. The maximum Gasteiger partial charge on any atom is 0.417 e. The number of hydrogen-bond acceptors (Lipinski definition) is 5. The van der Waals surface area contributed by atoms with Crippen LogP contribution in [0.15, 0.2) is 27.4 Å². The van der Waals surface area contributed by atoms with Crippen LogP contribution in [0, 0.1) is 0 Å². The van der Waals surface area contributed by atoms with E-state index < -0.39 is 11.9 Å². The van der Waals surface area contributed by atoms with E-state index in [1.807, 2.05) is 0 Å². The number of carbonyl (C=O) groups is 1. The standard InChI is InChI=1S/C16H20N2O5/c1-10(22-9-12-4-2-3-7-21-12)15(19)17-11-5-6-14-13(8-11)18-16(20)23-14/h5-6,8,10,12H,2-4,7,9H2,1H3,(H,17,19)(H,18,20)/t10-,12-/m1/s1. The summed E-state index contributed by atoms with van der Waals surface area (Å²) in [6.45, 7) is 2.89. The number of rotatable bonds is 5. The molecule has 124 valence electrons. The van der Waals surface area contributed by atoms with Gasteiger partial charge < -0.3 is 19.2 Å². The number of nitrogens with one attached hydrogen (secondary N) is 2. The number of oxazole rings is 1. The first kappa shape index (κ1) is 15.8. The third kappa shape index (κ3) is 4.00. The number of aromatic nitrogens is 1. The lowest BCUT2D eigenvalue weighted by atomic mass is 10.1. The van der Waals surface area contributed by atoms with Crippen LogP contribution in [-0.4, -0.2) is 36.3 Å².